The smallest absolute Gasteiger partial charge is 0.0860 e. The predicted molar refractivity (Wildman–Crippen MR) is 82.0 cm³/mol. The van der Waals surface area contributed by atoms with Crippen molar-refractivity contribution in [2.75, 3.05) is 6.54 Å². The van der Waals surface area contributed by atoms with Gasteiger partial charge in [-0.25, -0.2) is 0 Å². The van der Waals surface area contributed by atoms with Gasteiger partial charge in [-0.05, 0) is 46.6 Å². The number of aromatic nitrogens is 2. The maximum atomic E-state index is 9.68. The minimum absolute atomic E-state index is 0.242. The van der Waals surface area contributed by atoms with Gasteiger partial charge in [0.05, 0.1) is 22.5 Å². The van der Waals surface area contributed by atoms with E-state index in [1.165, 1.54) is 19.3 Å². The number of aryl methyl sites for hydroxylation is 2. The van der Waals surface area contributed by atoms with Gasteiger partial charge in [0.15, 0.2) is 0 Å². The second kappa shape index (κ2) is 6.92. The third-order valence-corrected chi connectivity index (χ3v) is 4.66. The number of rotatable bonds is 5. The molecule has 2 atom stereocenters. The van der Waals surface area contributed by atoms with Gasteiger partial charge in [-0.1, -0.05) is 18.0 Å². The Balaban J connectivity index is 2.14. The normalized spacial score (nSPS) is 22.1. The maximum absolute atomic E-state index is 9.68. The Labute approximate surface area is 126 Å². The van der Waals surface area contributed by atoms with E-state index in [1.54, 1.807) is 0 Å². The van der Waals surface area contributed by atoms with Crippen LogP contribution in [0.25, 0.3) is 0 Å². The molecule has 1 N–H and O–H groups in total. The van der Waals surface area contributed by atoms with Crippen molar-refractivity contribution in [1.82, 2.24) is 14.7 Å². The van der Waals surface area contributed by atoms with Crippen LogP contribution in [0.15, 0.2) is 0 Å². The number of hydrogen-bond acceptors (Lipinski definition) is 3. The van der Waals surface area contributed by atoms with Gasteiger partial charge in [0.2, 0.25) is 0 Å². The van der Waals surface area contributed by atoms with Crippen molar-refractivity contribution < 1.29 is 5.11 Å². The molecule has 20 heavy (non-hydrogen) atoms. The minimum atomic E-state index is -0.242. The van der Waals surface area contributed by atoms with Crippen LogP contribution in [-0.2, 0) is 13.1 Å². The van der Waals surface area contributed by atoms with Crippen LogP contribution in [-0.4, -0.2) is 38.5 Å². The van der Waals surface area contributed by atoms with Crippen LogP contribution in [0.5, 0.6) is 0 Å². The zero-order chi connectivity index (χ0) is 14.7. The number of hydrogen-bond donors (Lipinski definition) is 1. The summed E-state index contributed by atoms with van der Waals surface area (Å²) < 4.78 is 2.01. The highest BCUT2D eigenvalue weighted by atomic mass is 35.5. The molecule has 2 heterocycles. The Morgan fingerprint density at radius 1 is 1.45 bits per heavy atom. The number of aliphatic hydroxyl groups excluding tert-OH is 1. The van der Waals surface area contributed by atoms with E-state index >= 15 is 0 Å². The van der Waals surface area contributed by atoms with Crippen LogP contribution in [0.3, 0.4) is 0 Å². The standard InChI is InChI=1S/C15H26ClN3O/c1-4-19-14(15(16)12(3)17-19)10-18-8-6-5-7-13(18)9-11(2)20/h11,13,20H,4-10H2,1-3H3. The van der Waals surface area contributed by atoms with Crippen molar-refractivity contribution in [2.24, 2.45) is 0 Å². The molecular weight excluding hydrogens is 274 g/mol. The van der Waals surface area contributed by atoms with E-state index in [2.05, 4.69) is 16.9 Å². The van der Waals surface area contributed by atoms with Gasteiger partial charge in [0.25, 0.3) is 0 Å². The highest BCUT2D eigenvalue weighted by Crippen LogP contribution is 2.27. The molecule has 0 aliphatic carbocycles. The fraction of sp³-hybridized carbons (Fsp3) is 0.800. The number of halogens is 1. The van der Waals surface area contributed by atoms with Gasteiger partial charge >= 0.3 is 0 Å². The first-order valence-corrected chi connectivity index (χ1v) is 8.04. The van der Waals surface area contributed by atoms with Crippen molar-refractivity contribution >= 4 is 11.6 Å². The Bertz CT molecular complexity index is 445. The number of piperidine rings is 1. The Morgan fingerprint density at radius 2 is 2.20 bits per heavy atom. The van der Waals surface area contributed by atoms with E-state index < -0.39 is 0 Å². The van der Waals surface area contributed by atoms with Gasteiger partial charge in [0.1, 0.15) is 0 Å². The monoisotopic (exact) mass is 299 g/mol. The molecule has 1 aromatic rings. The predicted octanol–water partition coefficient (Wildman–Crippen LogP) is 2.99. The van der Waals surface area contributed by atoms with Gasteiger partial charge < -0.3 is 5.11 Å². The molecule has 114 valence electrons. The van der Waals surface area contributed by atoms with Crippen molar-refractivity contribution in [3.63, 3.8) is 0 Å². The molecule has 1 aliphatic heterocycles. The van der Waals surface area contributed by atoms with E-state index in [4.69, 9.17) is 11.6 Å². The first-order chi connectivity index (χ1) is 9.52. The summed E-state index contributed by atoms with van der Waals surface area (Å²) >= 11 is 6.41. The molecule has 0 bridgehead atoms. The third kappa shape index (κ3) is 3.54. The fourth-order valence-electron chi connectivity index (χ4n) is 3.14. The van der Waals surface area contributed by atoms with Gasteiger partial charge in [-0.2, -0.15) is 5.10 Å². The van der Waals surface area contributed by atoms with E-state index in [0.717, 1.165) is 42.5 Å². The topological polar surface area (TPSA) is 41.3 Å². The van der Waals surface area contributed by atoms with Crippen LogP contribution in [0.2, 0.25) is 5.02 Å². The van der Waals surface area contributed by atoms with Gasteiger partial charge in [0, 0.05) is 19.1 Å². The average Bonchev–Trinajstić information content (AvgIpc) is 2.68. The molecule has 1 aromatic heterocycles. The fourth-order valence-corrected chi connectivity index (χ4v) is 3.34. The summed E-state index contributed by atoms with van der Waals surface area (Å²) in [6.07, 6.45) is 4.26. The lowest BCUT2D eigenvalue weighted by Gasteiger charge is -2.36. The summed E-state index contributed by atoms with van der Waals surface area (Å²) in [5, 5.41) is 15.0. The Morgan fingerprint density at radius 3 is 2.85 bits per heavy atom. The molecule has 2 rings (SSSR count). The maximum Gasteiger partial charge on any atom is 0.0860 e. The quantitative estimate of drug-likeness (QED) is 0.909. The van der Waals surface area contributed by atoms with Crippen molar-refractivity contribution in [3.8, 4) is 0 Å². The molecule has 1 saturated heterocycles. The van der Waals surface area contributed by atoms with Crippen LogP contribution in [0, 0.1) is 6.92 Å². The molecule has 1 aliphatic rings. The molecule has 0 spiro atoms. The van der Waals surface area contributed by atoms with E-state index in [0.29, 0.717) is 6.04 Å². The van der Waals surface area contributed by atoms with Crippen LogP contribution >= 0.6 is 11.6 Å². The van der Waals surface area contributed by atoms with E-state index in [1.807, 2.05) is 18.5 Å². The summed E-state index contributed by atoms with van der Waals surface area (Å²) in [6.45, 7) is 8.70. The van der Waals surface area contributed by atoms with Crippen molar-refractivity contribution in [1.29, 1.82) is 0 Å². The second-order valence-corrected chi connectivity index (χ2v) is 6.24. The van der Waals surface area contributed by atoms with Crippen LogP contribution in [0.4, 0.5) is 0 Å². The number of aliphatic hydroxyl groups is 1. The zero-order valence-electron chi connectivity index (χ0n) is 12.8. The first-order valence-electron chi connectivity index (χ1n) is 7.66. The summed E-state index contributed by atoms with van der Waals surface area (Å²) in [5.41, 5.74) is 2.02. The molecule has 2 unspecified atom stereocenters. The first kappa shape index (κ1) is 15.8. The summed E-state index contributed by atoms with van der Waals surface area (Å²) in [6, 6.07) is 0.459. The van der Waals surface area contributed by atoms with E-state index in [9.17, 15) is 5.11 Å². The highest BCUT2D eigenvalue weighted by molar-refractivity contribution is 6.31. The number of nitrogens with zero attached hydrogens (tertiary/aromatic N) is 3. The van der Waals surface area contributed by atoms with Crippen molar-refractivity contribution in [3.05, 3.63) is 16.4 Å². The second-order valence-electron chi connectivity index (χ2n) is 5.87. The zero-order valence-corrected chi connectivity index (χ0v) is 13.5. The third-order valence-electron chi connectivity index (χ3n) is 4.17. The molecule has 4 nitrogen and oxygen atoms in total. The summed E-state index contributed by atoms with van der Waals surface area (Å²) in [7, 11) is 0. The number of likely N-dealkylation sites (tertiary alicyclic amines) is 1. The highest BCUT2D eigenvalue weighted by Gasteiger charge is 2.26. The van der Waals surface area contributed by atoms with Crippen LogP contribution in [0.1, 0.15) is 50.9 Å². The van der Waals surface area contributed by atoms with Gasteiger partial charge in [-0.15, -0.1) is 0 Å². The summed E-state index contributed by atoms with van der Waals surface area (Å²) in [5.74, 6) is 0. The van der Waals surface area contributed by atoms with Crippen LogP contribution < -0.4 is 0 Å². The lowest BCUT2D eigenvalue weighted by molar-refractivity contribution is 0.0799. The van der Waals surface area contributed by atoms with Crippen molar-refractivity contribution in [2.45, 2.75) is 71.7 Å². The Kier molecular flexibility index (Phi) is 5.47. The molecule has 0 saturated carbocycles. The molecule has 1 fully saturated rings. The summed E-state index contributed by atoms with van der Waals surface area (Å²) in [4.78, 5) is 2.46. The molecular formula is C15H26ClN3O. The van der Waals surface area contributed by atoms with E-state index in [-0.39, 0.29) is 6.10 Å². The minimum Gasteiger partial charge on any atom is -0.393 e. The molecule has 5 heteroatoms. The SMILES string of the molecule is CCn1nc(C)c(Cl)c1CN1CCCCC1CC(C)O. The average molecular weight is 300 g/mol. The Hall–Kier alpha value is -0.580. The van der Waals surface area contributed by atoms with Gasteiger partial charge in [-0.3, -0.25) is 9.58 Å². The lowest BCUT2D eigenvalue weighted by Crippen LogP contribution is -2.41. The molecule has 0 aromatic carbocycles. The lowest BCUT2D eigenvalue weighted by atomic mass is 9.97. The molecule has 0 amide bonds. The largest absolute Gasteiger partial charge is 0.393 e. The molecule has 0 radical (unpaired) electrons.